The molecule has 3 atom stereocenters. The van der Waals surface area contributed by atoms with E-state index in [2.05, 4.69) is 26.0 Å². The summed E-state index contributed by atoms with van der Waals surface area (Å²) in [6.07, 6.45) is 1.54. The number of rotatable bonds is 18. The van der Waals surface area contributed by atoms with Crippen molar-refractivity contribution in [2.24, 2.45) is 5.92 Å². The molecule has 1 aliphatic heterocycles. The Bertz CT molecular complexity index is 1260. The fourth-order valence-corrected chi connectivity index (χ4v) is 4.09. The molecule has 238 valence electrons. The predicted octanol–water partition coefficient (Wildman–Crippen LogP) is -0.00160. The maximum Gasteiger partial charge on any atom is 0.303 e. The van der Waals surface area contributed by atoms with Crippen LogP contribution in [0.1, 0.15) is 52.0 Å². The highest BCUT2D eigenvalue weighted by Gasteiger charge is 2.29. The van der Waals surface area contributed by atoms with Gasteiger partial charge in [-0.25, -0.2) is 0 Å². The summed E-state index contributed by atoms with van der Waals surface area (Å²) in [5.41, 5.74) is 1.01. The lowest BCUT2D eigenvalue weighted by atomic mass is 10.0. The lowest BCUT2D eigenvalue weighted by molar-refractivity contribution is -0.139. The van der Waals surface area contributed by atoms with Crippen LogP contribution in [0, 0.1) is 5.92 Å². The van der Waals surface area contributed by atoms with Crippen molar-refractivity contribution in [2.45, 2.75) is 71.2 Å². The Balaban J connectivity index is 2.00. The van der Waals surface area contributed by atoms with E-state index in [1.165, 1.54) is 6.92 Å². The molecule has 0 spiro atoms. The Morgan fingerprint density at radius 3 is 2.07 bits per heavy atom. The van der Waals surface area contributed by atoms with Crippen molar-refractivity contribution in [1.29, 1.82) is 0 Å². The summed E-state index contributed by atoms with van der Waals surface area (Å²) < 4.78 is 4.67. The average Bonchev–Trinajstić information content (AvgIpc) is 3.29. The second-order valence-corrected chi connectivity index (χ2v) is 10.5. The molecular weight excluding hydrogens is 578 g/mol. The zero-order chi connectivity index (χ0) is 32.8. The van der Waals surface area contributed by atoms with Crippen molar-refractivity contribution in [3.05, 3.63) is 42.0 Å². The van der Waals surface area contributed by atoms with Crippen molar-refractivity contribution in [3.63, 3.8) is 0 Å². The Labute approximate surface area is 253 Å². The van der Waals surface area contributed by atoms with E-state index in [0.29, 0.717) is 17.7 Å². The second-order valence-electron chi connectivity index (χ2n) is 10.5. The van der Waals surface area contributed by atoms with Gasteiger partial charge in [-0.1, -0.05) is 26.0 Å². The van der Waals surface area contributed by atoms with Crippen LogP contribution in [0.2, 0.25) is 0 Å². The molecule has 15 heteroatoms. The third kappa shape index (κ3) is 11.7. The number of carboxylic acid groups (broad SMARTS) is 1. The zero-order valence-corrected chi connectivity index (χ0v) is 24.7. The quantitative estimate of drug-likeness (QED) is 0.110. The fourth-order valence-electron chi connectivity index (χ4n) is 4.09. The Morgan fingerprint density at radius 1 is 0.864 bits per heavy atom. The van der Waals surface area contributed by atoms with Gasteiger partial charge in [0.15, 0.2) is 0 Å². The van der Waals surface area contributed by atoms with Crippen LogP contribution in [-0.4, -0.2) is 82.6 Å². The van der Waals surface area contributed by atoms with E-state index < -0.39 is 66.0 Å². The normalized spacial score (nSPS) is 14.4. The molecule has 6 amide bonds. The number of benzene rings is 1. The van der Waals surface area contributed by atoms with Crippen molar-refractivity contribution >= 4 is 53.6 Å². The molecule has 1 aromatic rings. The van der Waals surface area contributed by atoms with Gasteiger partial charge in [0.05, 0.1) is 0 Å². The van der Waals surface area contributed by atoms with Gasteiger partial charge >= 0.3 is 5.97 Å². The van der Waals surface area contributed by atoms with E-state index in [9.17, 15) is 38.4 Å². The number of carbonyl (C=O) groups excluding carboxylic acids is 7. The van der Waals surface area contributed by atoms with Crippen LogP contribution < -0.4 is 21.3 Å². The van der Waals surface area contributed by atoms with Crippen LogP contribution in [0.3, 0.4) is 0 Å². The summed E-state index contributed by atoms with van der Waals surface area (Å²) in [6, 6.07) is 2.84. The Hall–Kier alpha value is -5.08. The molecule has 0 bridgehead atoms. The number of nitrogens with one attached hydrogen (secondary N) is 4. The van der Waals surface area contributed by atoms with Gasteiger partial charge in [0.1, 0.15) is 24.7 Å². The highest BCUT2D eigenvalue weighted by molar-refractivity contribution is 6.13. The van der Waals surface area contributed by atoms with Gasteiger partial charge in [-0.3, -0.25) is 43.3 Å². The standard InChI is InChI=1S/C29H37N5O10/c1-17(2)14-22(32-23(36)12-13-34-24(37)9-10-25(34)38)29(43)30-18(3)27(41)33-21(8-11-26(39)40)28(42)31-20-6-4-19(5-7-20)15-44-16-35/h4-7,9-10,16-18,21-22H,8,11-15H2,1-3H3,(H,30,43)(H,31,42)(H,32,36)(H,33,41)(H,39,40)/t18-,21-,22+/m0/s1. The first kappa shape index (κ1) is 35.1. The van der Waals surface area contributed by atoms with E-state index in [4.69, 9.17) is 5.11 Å². The molecule has 2 rings (SSSR count). The number of carboxylic acids is 1. The van der Waals surface area contributed by atoms with E-state index in [1.54, 1.807) is 24.3 Å². The highest BCUT2D eigenvalue weighted by Crippen LogP contribution is 2.12. The number of hydrogen-bond acceptors (Lipinski definition) is 9. The second kappa shape index (κ2) is 17.1. The van der Waals surface area contributed by atoms with Crippen molar-refractivity contribution in [1.82, 2.24) is 20.9 Å². The van der Waals surface area contributed by atoms with Crippen molar-refractivity contribution in [3.8, 4) is 0 Å². The van der Waals surface area contributed by atoms with Crippen LogP contribution >= 0.6 is 0 Å². The highest BCUT2D eigenvalue weighted by atomic mass is 16.5. The maximum absolute atomic E-state index is 13.0. The summed E-state index contributed by atoms with van der Waals surface area (Å²) in [4.78, 5) is 97.3. The zero-order valence-electron chi connectivity index (χ0n) is 24.7. The molecule has 15 nitrogen and oxygen atoms in total. The van der Waals surface area contributed by atoms with Crippen molar-refractivity contribution in [2.75, 3.05) is 11.9 Å². The van der Waals surface area contributed by atoms with Gasteiger partial charge < -0.3 is 31.1 Å². The molecule has 0 fully saturated rings. The number of anilines is 1. The average molecular weight is 616 g/mol. The number of amides is 6. The molecule has 0 unspecified atom stereocenters. The van der Waals surface area contributed by atoms with E-state index in [1.807, 2.05) is 13.8 Å². The monoisotopic (exact) mass is 615 g/mol. The molecule has 0 aliphatic carbocycles. The first-order chi connectivity index (χ1) is 20.8. The van der Waals surface area contributed by atoms with Gasteiger partial charge in [-0.05, 0) is 43.4 Å². The number of carbonyl (C=O) groups is 8. The van der Waals surface area contributed by atoms with E-state index >= 15 is 0 Å². The molecule has 0 saturated heterocycles. The van der Waals surface area contributed by atoms with Crippen LogP contribution in [-0.2, 0) is 49.7 Å². The largest absolute Gasteiger partial charge is 0.481 e. The molecule has 0 aromatic heterocycles. The lowest BCUT2D eigenvalue weighted by Gasteiger charge is -2.24. The Morgan fingerprint density at radius 2 is 1.50 bits per heavy atom. The van der Waals surface area contributed by atoms with Gasteiger partial charge in [0, 0.05) is 37.2 Å². The van der Waals surface area contributed by atoms with Crippen LogP contribution in [0.4, 0.5) is 5.69 Å². The number of nitrogens with zero attached hydrogens (tertiary/aromatic N) is 1. The molecular formula is C29H37N5O10. The van der Waals surface area contributed by atoms with Crippen LogP contribution in [0.15, 0.2) is 36.4 Å². The first-order valence-electron chi connectivity index (χ1n) is 13.9. The third-order valence-electron chi connectivity index (χ3n) is 6.39. The minimum Gasteiger partial charge on any atom is -0.481 e. The Kier molecular flexibility index (Phi) is 13.7. The number of hydrogen-bond donors (Lipinski definition) is 5. The summed E-state index contributed by atoms with van der Waals surface area (Å²) in [5, 5.41) is 19.3. The van der Waals surface area contributed by atoms with Gasteiger partial charge in [0.25, 0.3) is 18.3 Å². The van der Waals surface area contributed by atoms with Gasteiger partial charge in [-0.2, -0.15) is 0 Å². The maximum atomic E-state index is 13.0. The molecule has 0 saturated carbocycles. The first-order valence-corrected chi connectivity index (χ1v) is 13.9. The van der Waals surface area contributed by atoms with Gasteiger partial charge in [0.2, 0.25) is 23.6 Å². The van der Waals surface area contributed by atoms with Crippen LogP contribution in [0.25, 0.3) is 0 Å². The molecule has 1 aromatic carbocycles. The summed E-state index contributed by atoms with van der Waals surface area (Å²) >= 11 is 0. The number of imide groups is 1. The minimum atomic E-state index is -1.26. The SMILES string of the molecule is CC(C)C[C@@H](NC(=O)CCN1C(=O)C=CC1=O)C(=O)N[C@@H](C)C(=O)N[C@@H](CCC(=O)O)C(=O)Nc1ccc(COC=O)cc1. The molecule has 5 N–H and O–H groups in total. The molecule has 1 heterocycles. The van der Waals surface area contributed by atoms with Crippen LogP contribution in [0.5, 0.6) is 0 Å². The fraction of sp³-hybridized carbons (Fsp3) is 0.448. The minimum absolute atomic E-state index is 0.0307. The van der Waals surface area contributed by atoms with E-state index in [-0.39, 0.29) is 38.3 Å². The smallest absolute Gasteiger partial charge is 0.303 e. The number of ether oxygens (including phenoxy) is 1. The third-order valence-corrected chi connectivity index (χ3v) is 6.39. The van der Waals surface area contributed by atoms with Gasteiger partial charge in [-0.15, -0.1) is 0 Å². The lowest BCUT2D eigenvalue weighted by Crippen LogP contribution is -2.55. The topological polar surface area (TPSA) is 217 Å². The van der Waals surface area contributed by atoms with Crippen molar-refractivity contribution < 1.29 is 48.2 Å². The summed E-state index contributed by atoms with van der Waals surface area (Å²) in [7, 11) is 0. The molecule has 1 aliphatic rings. The summed E-state index contributed by atoms with van der Waals surface area (Å²) in [5.74, 6) is -4.98. The summed E-state index contributed by atoms with van der Waals surface area (Å²) in [6.45, 7) is 5.20. The molecule has 44 heavy (non-hydrogen) atoms. The predicted molar refractivity (Wildman–Crippen MR) is 154 cm³/mol. The number of aliphatic carboxylic acids is 1. The van der Waals surface area contributed by atoms with E-state index in [0.717, 1.165) is 17.1 Å². The molecule has 0 radical (unpaired) electrons.